The van der Waals surface area contributed by atoms with Crippen molar-refractivity contribution in [2.24, 2.45) is 0 Å². The van der Waals surface area contributed by atoms with Crippen LogP contribution in [0.5, 0.6) is 0 Å². The predicted molar refractivity (Wildman–Crippen MR) is 352 cm³/mol. The van der Waals surface area contributed by atoms with E-state index >= 15 is 0 Å². The standard InChI is InChI=1S/C75H116O6/c1-4-7-10-13-16-19-22-25-28-31-33-35-36-37-38-40-41-44-47-50-53-56-59-62-65-68-74(77)80-71-72(70-79-73(76)67-64-61-58-55-52-49-46-43-30-27-24-21-18-15-12-9-6-3)81-75(78)69-66-63-60-57-54-51-48-45-42-39-34-32-29-26-23-20-17-14-11-8-5-2/h7-8,10-11,16-21,25-30,33-35,37-39,41,44-45,48,50,53-54,57,72H,4-6,9,12-15,22-24,31-32,36,40,42-43,46-47,49,51-52,55-56,58-71H2,1-3H3/b10-7-,11-8-,19-16-,20-17-,21-18-,28-25-,29-26-,30-27-,35-33-,38-37-,39-34-,44-41-,48-45-,53-50-,57-54-. The molecule has 0 rings (SSSR count). The van der Waals surface area contributed by atoms with Crippen molar-refractivity contribution in [1.82, 2.24) is 0 Å². The van der Waals surface area contributed by atoms with Gasteiger partial charge in [-0.1, -0.05) is 254 Å². The Kier molecular flexibility index (Phi) is 62.5. The monoisotopic (exact) mass is 1110 g/mol. The Labute approximate surface area is 497 Å². The molecule has 0 aliphatic carbocycles. The Bertz CT molecular complexity index is 1900. The van der Waals surface area contributed by atoms with Crippen LogP contribution in [0.3, 0.4) is 0 Å². The summed E-state index contributed by atoms with van der Waals surface area (Å²) >= 11 is 0. The second kappa shape index (κ2) is 67.0. The van der Waals surface area contributed by atoms with Gasteiger partial charge in [-0.25, -0.2) is 0 Å². The Balaban J connectivity index is 4.58. The molecular formula is C75H116O6. The van der Waals surface area contributed by atoms with E-state index in [1.807, 2.05) is 0 Å². The maximum absolute atomic E-state index is 12.9. The molecule has 6 nitrogen and oxygen atoms in total. The van der Waals surface area contributed by atoms with Gasteiger partial charge in [-0.2, -0.15) is 0 Å². The summed E-state index contributed by atoms with van der Waals surface area (Å²) in [5, 5.41) is 0. The second-order valence-electron chi connectivity index (χ2n) is 20.5. The fourth-order valence-corrected chi connectivity index (χ4v) is 8.10. The SMILES string of the molecule is CC/C=C\C/C=C\C/C=C\C/C=C\C/C=C\C/C=C\C/C=C\CCCCCC(=O)OCC(COC(=O)CCCCCCCCC/C=C\C/C=C\CCCCC)OC(=O)CCCC/C=C\C/C=C\C/C=C\C/C=C\C/C=C\C/C=C\CC. The molecule has 0 saturated carbocycles. The Morgan fingerprint density at radius 2 is 0.481 bits per heavy atom. The van der Waals surface area contributed by atoms with Gasteiger partial charge in [-0.15, -0.1) is 0 Å². The van der Waals surface area contributed by atoms with Gasteiger partial charge in [0.1, 0.15) is 13.2 Å². The second-order valence-corrected chi connectivity index (χ2v) is 20.5. The minimum atomic E-state index is -0.832. The number of ether oxygens (including phenoxy) is 3. The normalized spacial score (nSPS) is 13.4. The highest BCUT2D eigenvalue weighted by Crippen LogP contribution is 2.13. The van der Waals surface area contributed by atoms with Crippen LogP contribution < -0.4 is 0 Å². The number of rotatable bonds is 56. The molecule has 1 atom stereocenters. The Hall–Kier alpha value is -5.49. The molecule has 0 N–H and O–H groups in total. The van der Waals surface area contributed by atoms with Crippen molar-refractivity contribution in [2.75, 3.05) is 13.2 Å². The predicted octanol–water partition coefficient (Wildman–Crippen LogP) is 22.4. The number of unbranched alkanes of at least 4 members (excludes halogenated alkanes) is 15. The summed E-state index contributed by atoms with van der Waals surface area (Å²) < 4.78 is 16.9. The van der Waals surface area contributed by atoms with Crippen LogP contribution in [0.25, 0.3) is 0 Å². The van der Waals surface area contributed by atoms with Crippen LogP contribution in [0.2, 0.25) is 0 Å². The number of carbonyl (C=O) groups is 3. The van der Waals surface area contributed by atoms with E-state index in [0.717, 1.165) is 154 Å². The van der Waals surface area contributed by atoms with E-state index in [1.54, 1.807) is 0 Å². The van der Waals surface area contributed by atoms with Crippen molar-refractivity contribution in [3.8, 4) is 0 Å². The van der Waals surface area contributed by atoms with Crippen LogP contribution >= 0.6 is 0 Å². The first-order chi connectivity index (χ1) is 40.0. The molecule has 452 valence electrons. The maximum atomic E-state index is 12.9. The van der Waals surface area contributed by atoms with E-state index in [9.17, 15) is 14.4 Å². The highest BCUT2D eigenvalue weighted by atomic mass is 16.6. The molecule has 0 amide bonds. The molecule has 0 saturated heterocycles. The van der Waals surface area contributed by atoms with Crippen molar-refractivity contribution in [3.63, 3.8) is 0 Å². The molecule has 0 aromatic carbocycles. The average molecular weight is 1110 g/mol. The lowest BCUT2D eigenvalue weighted by Gasteiger charge is -2.18. The summed E-state index contributed by atoms with van der Waals surface area (Å²) in [5.74, 6) is -1.01. The van der Waals surface area contributed by atoms with Gasteiger partial charge in [0, 0.05) is 19.3 Å². The van der Waals surface area contributed by atoms with Crippen LogP contribution in [0.4, 0.5) is 0 Å². The molecule has 81 heavy (non-hydrogen) atoms. The van der Waals surface area contributed by atoms with E-state index < -0.39 is 6.10 Å². The van der Waals surface area contributed by atoms with E-state index in [1.165, 1.54) is 51.4 Å². The summed E-state index contributed by atoms with van der Waals surface area (Å²) in [4.78, 5) is 38.4. The molecule has 0 radical (unpaired) electrons. The van der Waals surface area contributed by atoms with Gasteiger partial charge in [0.2, 0.25) is 0 Å². The Morgan fingerprint density at radius 3 is 0.790 bits per heavy atom. The quantitative estimate of drug-likeness (QED) is 0.0261. The number of esters is 3. The summed E-state index contributed by atoms with van der Waals surface area (Å²) in [7, 11) is 0. The zero-order chi connectivity index (χ0) is 58.5. The fraction of sp³-hybridized carbons (Fsp3) is 0.560. The highest BCUT2D eigenvalue weighted by Gasteiger charge is 2.19. The van der Waals surface area contributed by atoms with Gasteiger partial charge in [-0.05, 0) is 161 Å². The lowest BCUT2D eigenvalue weighted by Crippen LogP contribution is -2.30. The number of carbonyl (C=O) groups excluding carboxylic acids is 3. The van der Waals surface area contributed by atoms with Crippen molar-refractivity contribution in [2.45, 2.75) is 258 Å². The molecule has 1 unspecified atom stereocenters. The van der Waals surface area contributed by atoms with Crippen LogP contribution in [-0.2, 0) is 28.6 Å². The van der Waals surface area contributed by atoms with Crippen LogP contribution in [0, 0.1) is 0 Å². The van der Waals surface area contributed by atoms with Crippen molar-refractivity contribution in [3.05, 3.63) is 182 Å². The molecule has 0 aromatic heterocycles. The molecule has 0 bridgehead atoms. The van der Waals surface area contributed by atoms with Crippen molar-refractivity contribution >= 4 is 17.9 Å². The maximum Gasteiger partial charge on any atom is 0.306 e. The molecular weight excluding hydrogens is 997 g/mol. The first-order valence-corrected chi connectivity index (χ1v) is 32.3. The van der Waals surface area contributed by atoms with E-state index in [0.29, 0.717) is 19.3 Å². The Morgan fingerprint density at radius 1 is 0.259 bits per heavy atom. The van der Waals surface area contributed by atoms with Crippen LogP contribution in [0.1, 0.15) is 252 Å². The van der Waals surface area contributed by atoms with Gasteiger partial charge in [0.15, 0.2) is 6.10 Å². The summed E-state index contributed by atoms with van der Waals surface area (Å²) in [6.07, 6.45) is 100. The largest absolute Gasteiger partial charge is 0.462 e. The van der Waals surface area contributed by atoms with E-state index in [4.69, 9.17) is 14.2 Å². The van der Waals surface area contributed by atoms with E-state index in [-0.39, 0.29) is 37.5 Å². The summed E-state index contributed by atoms with van der Waals surface area (Å²) in [5.41, 5.74) is 0. The highest BCUT2D eigenvalue weighted by molar-refractivity contribution is 5.71. The van der Waals surface area contributed by atoms with Gasteiger partial charge >= 0.3 is 17.9 Å². The third-order valence-electron chi connectivity index (χ3n) is 12.9. The number of hydrogen-bond acceptors (Lipinski definition) is 6. The van der Waals surface area contributed by atoms with Gasteiger partial charge in [0.05, 0.1) is 0 Å². The molecule has 0 heterocycles. The lowest BCUT2D eigenvalue weighted by molar-refractivity contribution is -0.167. The van der Waals surface area contributed by atoms with Crippen molar-refractivity contribution < 1.29 is 28.6 Å². The van der Waals surface area contributed by atoms with E-state index in [2.05, 4.69) is 203 Å². The minimum Gasteiger partial charge on any atom is -0.462 e. The summed E-state index contributed by atoms with van der Waals surface area (Å²) in [6, 6.07) is 0. The third kappa shape index (κ3) is 65.2. The molecule has 0 aromatic rings. The number of hydrogen-bond donors (Lipinski definition) is 0. The first kappa shape index (κ1) is 75.5. The van der Waals surface area contributed by atoms with Crippen LogP contribution in [0.15, 0.2) is 182 Å². The fourth-order valence-electron chi connectivity index (χ4n) is 8.10. The molecule has 0 spiro atoms. The molecule has 6 heteroatoms. The third-order valence-corrected chi connectivity index (χ3v) is 12.9. The van der Waals surface area contributed by atoms with Gasteiger partial charge < -0.3 is 14.2 Å². The number of allylic oxidation sites excluding steroid dienone is 30. The van der Waals surface area contributed by atoms with Gasteiger partial charge in [0.25, 0.3) is 0 Å². The van der Waals surface area contributed by atoms with Gasteiger partial charge in [-0.3, -0.25) is 14.4 Å². The lowest BCUT2D eigenvalue weighted by atomic mass is 10.1. The average Bonchev–Trinajstić information content (AvgIpc) is 3.47. The first-order valence-electron chi connectivity index (χ1n) is 32.3. The topological polar surface area (TPSA) is 78.9 Å². The molecule has 0 aliphatic rings. The smallest absolute Gasteiger partial charge is 0.306 e. The minimum absolute atomic E-state index is 0.120. The molecule has 0 fully saturated rings. The van der Waals surface area contributed by atoms with Crippen LogP contribution in [-0.4, -0.2) is 37.2 Å². The molecule has 0 aliphatic heterocycles. The zero-order valence-electron chi connectivity index (χ0n) is 51.7. The zero-order valence-corrected chi connectivity index (χ0v) is 51.7. The summed E-state index contributed by atoms with van der Waals surface area (Å²) in [6.45, 7) is 6.31. The van der Waals surface area contributed by atoms with Crippen molar-refractivity contribution in [1.29, 1.82) is 0 Å².